The van der Waals surface area contributed by atoms with Crippen molar-refractivity contribution in [3.05, 3.63) is 81.6 Å². The Morgan fingerprint density at radius 1 is 1.17 bits per heavy atom. The number of hydrogen-bond acceptors (Lipinski definition) is 6. The molecule has 1 saturated heterocycles. The number of rotatable bonds is 6. The lowest BCUT2D eigenvalue weighted by atomic mass is 9.99. The number of carbonyl (C=O) groups excluding carboxylic acids is 2. The number of thiophene rings is 1. The first-order valence-electron chi connectivity index (χ1n) is 11.4. The third-order valence-electron chi connectivity index (χ3n) is 5.88. The number of ketones is 1. The smallest absolute Gasteiger partial charge is 0.302 e. The predicted molar refractivity (Wildman–Crippen MR) is 137 cm³/mol. The van der Waals surface area contributed by atoms with Crippen molar-refractivity contribution in [3.8, 4) is 5.75 Å². The van der Waals surface area contributed by atoms with Gasteiger partial charge >= 0.3 is 5.91 Å². The predicted octanol–water partition coefficient (Wildman–Crippen LogP) is 5.59. The minimum Gasteiger partial charge on any atom is -0.507 e. The second-order valence-corrected chi connectivity index (χ2v) is 9.93. The Labute approximate surface area is 206 Å². The zero-order chi connectivity index (χ0) is 24.7. The molecule has 0 radical (unpaired) electrons. The molecule has 1 aliphatic rings. The summed E-state index contributed by atoms with van der Waals surface area (Å²) < 4.78 is 5.84. The average Bonchev–Trinajstić information content (AvgIpc) is 3.56. The van der Waals surface area contributed by atoms with Gasteiger partial charge in [-0.15, -0.1) is 11.3 Å². The molecule has 0 aliphatic carbocycles. The van der Waals surface area contributed by atoms with Crippen molar-refractivity contribution in [2.24, 2.45) is 5.92 Å². The lowest BCUT2D eigenvalue weighted by Gasteiger charge is -2.21. The van der Waals surface area contributed by atoms with Gasteiger partial charge in [-0.25, -0.2) is 4.98 Å². The highest BCUT2D eigenvalue weighted by Gasteiger charge is 2.48. The van der Waals surface area contributed by atoms with Crippen molar-refractivity contribution in [1.29, 1.82) is 0 Å². The summed E-state index contributed by atoms with van der Waals surface area (Å²) in [6.07, 6.45) is 0. The summed E-state index contributed by atoms with van der Waals surface area (Å²) >= 11 is 1.41. The first kappa shape index (κ1) is 22.9. The van der Waals surface area contributed by atoms with Crippen LogP contribution in [-0.2, 0) is 9.59 Å². The molecule has 1 fully saturated rings. The molecule has 0 bridgehead atoms. The Morgan fingerprint density at radius 3 is 2.66 bits per heavy atom. The van der Waals surface area contributed by atoms with Crippen LogP contribution >= 0.6 is 11.3 Å². The van der Waals surface area contributed by atoms with Crippen LogP contribution in [-0.4, -0.2) is 33.4 Å². The summed E-state index contributed by atoms with van der Waals surface area (Å²) in [4.78, 5) is 36.3. The summed E-state index contributed by atoms with van der Waals surface area (Å²) in [5, 5.41) is 13.2. The molecule has 5 rings (SSSR count). The highest BCUT2D eigenvalue weighted by atomic mass is 32.1. The minimum absolute atomic E-state index is 0.0353. The molecule has 178 valence electrons. The van der Waals surface area contributed by atoms with Crippen LogP contribution in [0.2, 0.25) is 0 Å². The number of carbonyl (C=O) groups is 2. The molecule has 0 saturated carbocycles. The van der Waals surface area contributed by atoms with Crippen molar-refractivity contribution in [3.63, 3.8) is 0 Å². The van der Waals surface area contributed by atoms with Gasteiger partial charge in [-0.1, -0.05) is 32.0 Å². The van der Waals surface area contributed by atoms with Crippen LogP contribution in [0, 0.1) is 12.8 Å². The van der Waals surface area contributed by atoms with Crippen LogP contribution in [0.15, 0.2) is 65.6 Å². The number of imidazole rings is 1. The van der Waals surface area contributed by atoms with Crippen molar-refractivity contribution < 1.29 is 19.4 Å². The van der Waals surface area contributed by atoms with E-state index in [0.717, 1.165) is 16.0 Å². The lowest BCUT2D eigenvalue weighted by Crippen LogP contribution is -2.30. The van der Waals surface area contributed by atoms with Crippen molar-refractivity contribution in [2.45, 2.75) is 26.8 Å². The minimum atomic E-state index is -0.798. The van der Waals surface area contributed by atoms with E-state index in [1.165, 1.54) is 16.2 Å². The standard InChI is InChI=1S/C27H25N3O4S/c1-15(2)14-34-20-11-10-17(13-16(20)3)24(31)22-23(21-9-6-12-35-21)30(26(33)25(22)32)27-28-18-7-4-5-8-19(18)29-27/h4-13,15,23,31H,14H2,1-3H3,(H,28,29)/b24-22+. The third-order valence-corrected chi connectivity index (χ3v) is 6.81. The van der Waals surface area contributed by atoms with Crippen LogP contribution in [0.4, 0.5) is 5.95 Å². The number of nitrogens with one attached hydrogen (secondary N) is 1. The van der Waals surface area contributed by atoms with E-state index >= 15 is 0 Å². The van der Waals surface area contributed by atoms with E-state index < -0.39 is 17.7 Å². The Kier molecular flexibility index (Phi) is 5.90. The maximum absolute atomic E-state index is 13.3. The van der Waals surface area contributed by atoms with E-state index in [9.17, 15) is 14.7 Å². The van der Waals surface area contributed by atoms with Gasteiger partial charge in [-0.05, 0) is 60.2 Å². The number of aryl methyl sites for hydroxylation is 1. The molecule has 2 aromatic carbocycles. The number of hydrogen-bond donors (Lipinski definition) is 2. The number of aliphatic hydroxyl groups is 1. The Morgan fingerprint density at radius 2 is 1.97 bits per heavy atom. The fourth-order valence-corrected chi connectivity index (χ4v) is 5.01. The van der Waals surface area contributed by atoms with Crippen LogP contribution in [0.1, 0.15) is 35.9 Å². The number of Topliss-reactive ketones (excluding diaryl/α,β-unsaturated/α-hetero) is 1. The average molecular weight is 488 g/mol. The van der Waals surface area contributed by atoms with Gasteiger partial charge in [0, 0.05) is 10.4 Å². The molecule has 0 spiro atoms. The number of aliphatic hydroxyl groups excluding tert-OH is 1. The Balaban J connectivity index is 1.61. The molecular weight excluding hydrogens is 462 g/mol. The van der Waals surface area contributed by atoms with E-state index in [1.807, 2.05) is 48.7 Å². The van der Waals surface area contributed by atoms with Crippen LogP contribution in [0.5, 0.6) is 5.75 Å². The molecule has 4 aromatic rings. The Hall–Kier alpha value is -3.91. The lowest BCUT2D eigenvalue weighted by molar-refractivity contribution is -0.132. The molecule has 7 nitrogen and oxygen atoms in total. The van der Waals surface area contributed by atoms with Gasteiger partial charge < -0.3 is 14.8 Å². The van der Waals surface area contributed by atoms with Crippen LogP contribution in [0.25, 0.3) is 16.8 Å². The maximum Gasteiger partial charge on any atom is 0.302 e. The molecule has 1 unspecified atom stereocenters. The van der Waals surface area contributed by atoms with Gasteiger partial charge in [-0.2, -0.15) is 0 Å². The summed E-state index contributed by atoms with van der Waals surface area (Å²) in [5.41, 5.74) is 2.74. The monoisotopic (exact) mass is 487 g/mol. The van der Waals surface area contributed by atoms with Crippen LogP contribution < -0.4 is 9.64 Å². The molecule has 2 N–H and O–H groups in total. The van der Waals surface area contributed by atoms with Crippen molar-refractivity contribution >= 4 is 45.8 Å². The number of benzene rings is 2. The zero-order valence-corrected chi connectivity index (χ0v) is 20.4. The maximum atomic E-state index is 13.3. The quantitative estimate of drug-likeness (QED) is 0.210. The SMILES string of the molecule is Cc1cc(/C(O)=C2\C(=O)C(=O)N(c3nc4ccccc4[nH]3)C2c2cccs2)ccc1OCC(C)C. The molecule has 1 aliphatic heterocycles. The van der Waals surface area contributed by atoms with Crippen LogP contribution in [0.3, 0.4) is 0 Å². The summed E-state index contributed by atoms with van der Waals surface area (Å²) in [7, 11) is 0. The van der Waals surface area contributed by atoms with E-state index in [1.54, 1.807) is 18.2 Å². The van der Waals surface area contributed by atoms with E-state index in [-0.39, 0.29) is 17.3 Å². The second kappa shape index (κ2) is 9.03. The molecule has 8 heteroatoms. The van der Waals surface area contributed by atoms with E-state index in [4.69, 9.17) is 4.74 Å². The highest BCUT2D eigenvalue weighted by Crippen LogP contribution is 2.43. The molecule has 3 heterocycles. The summed E-state index contributed by atoms with van der Waals surface area (Å²) in [6.45, 7) is 6.60. The number of nitrogens with zero attached hydrogens (tertiary/aromatic N) is 2. The van der Waals surface area contributed by atoms with Crippen molar-refractivity contribution in [2.75, 3.05) is 11.5 Å². The number of para-hydroxylation sites is 2. The number of amides is 1. The normalized spacial score (nSPS) is 17.6. The fraction of sp³-hybridized carbons (Fsp3) is 0.222. The number of anilines is 1. The summed E-state index contributed by atoms with van der Waals surface area (Å²) in [6, 6.07) is 15.6. The van der Waals surface area contributed by atoms with Gasteiger partial charge in [0.05, 0.1) is 23.2 Å². The number of aromatic amines is 1. The molecule has 1 amide bonds. The highest BCUT2D eigenvalue weighted by molar-refractivity contribution is 7.10. The first-order chi connectivity index (χ1) is 16.8. The van der Waals surface area contributed by atoms with E-state index in [2.05, 4.69) is 23.8 Å². The number of ether oxygens (including phenoxy) is 1. The van der Waals surface area contributed by atoms with Gasteiger partial charge in [0.25, 0.3) is 5.78 Å². The first-order valence-corrected chi connectivity index (χ1v) is 12.3. The number of H-pyrrole nitrogens is 1. The van der Waals surface area contributed by atoms with Gasteiger partial charge in [0.15, 0.2) is 0 Å². The number of fused-ring (bicyclic) bond motifs is 1. The molecule has 35 heavy (non-hydrogen) atoms. The molecule has 1 atom stereocenters. The van der Waals surface area contributed by atoms with Gasteiger partial charge in [0.1, 0.15) is 17.6 Å². The second-order valence-electron chi connectivity index (χ2n) is 8.95. The zero-order valence-electron chi connectivity index (χ0n) is 19.6. The number of aromatic nitrogens is 2. The Bertz CT molecular complexity index is 1420. The van der Waals surface area contributed by atoms with Crippen molar-refractivity contribution in [1.82, 2.24) is 9.97 Å². The topological polar surface area (TPSA) is 95.5 Å². The molecular formula is C27H25N3O4S. The largest absolute Gasteiger partial charge is 0.507 e. The summed E-state index contributed by atoms with van der Waals surface area (Å²) in [5.74, 6) is -0.356. The fourth-order valence-electron chi connectivity index (χ4n) is 4.19. The van der Waals surface area contributed by atoms with E-state index in [0.29, 0.717) is 29.4 Å². The van der Waals surface area contributed by atoms with Gasteiger partial charge in [-0.3, -0.25) is 14.5 Å². The van der Waals surface area contributed by atoms with Gasteiger partial charge in [0.2, 0.25) is 5.95 Å². The third kappa shape index (κ3) is 4.10. The molecule has 2 aromatic heterocycles.